The quantitative estimate of drug-likeness (QED) is 0.238. The summed E-state index contributed by atoms with van der Waals surface area (Å²) in [6.45, 7) is -0.484. The zero-order valence-electron chi connectivity index (χ0n) is 14.0. The number of pyridine rings is 1. The van der Waals surface area contributed by atoms with Crippen LogP contribution in [0.3, 0.4) is 0 Å². The van der Waals surface area contributed by atoms with Gasteiger partial charge in [0, 0.05) is 34.6 Å². The lowest BCUT2D eigenvalue weighted by molar-refractivity contribution is 0.283. The van der Waals surface area contributed by atoms with Crippen LogP contribution in [0.5, 0.6) is 0 Å². The monoisotopic (exact) mass is 601 g/mol. The van der Waals surface area contributed by atoms with Gasteiger partial charge >= 0.3 is 0 Å². The van der Waals surface area contributed by atoms with Gasteiger partial charge in [-0.05, 0) is 5.56 Å². The van der Waals surface area contributed by atoms with E-state index in [1.807, 2.05) is 0 Å². The van der Waals surface area contributed by atoms with Crippen molar-refractivity contribution >= 4 is 116 Å². The molecule has 1 aromatic heterocycles. The maximum atomic E-state index is 10.2. The summed E-state index contributed by atoms with van der Waals surface area (Å²) < 4.78 is 0. The molecular formula is C18H5Cl10NO. The van der Waals surface area contributed by atoms with Gasteiger partial charge in [0.1, 0.15) is 0 Å². The van der Waals surface area contributed by atoms with Gasteiger partial charge in [-0.25, -0.2) is 0 Å². The first-order chi connectivity index (χ1) is 14.0. The van der Waals surface area contributed by atoms with Gasteiger partial charge in [0.2, 0.25) is 0 Å². The van der Waals surface area contributed by atoms with E-state index < -0.39 is 6.61 Å². The van der Waals surface area contributed by atoms with E-state index in [4.69, 9.17) is 116 Å². The predicted octanol–water partition coefficient (Wildman–Crippen LogP) is 10.4. The van der Waals surface area contributed by atoms with Gasteiger partial charge in [0.15, 0.2) is 0 Å². The lowest BCUT2D eigenvalue weighted by Crippen LogP contribution is -1.99. The zero-order valence-corrected chi connectivity index (χ0v) is 21.6. The molecule has 1 N–H and O–H groups in total. The van der Waals surface area contributed by atoms with Crippen molar-refractivity contribution in [3.63, 3.8) is 0 Å². The molecule has 0 amide bonds. The number of aliphatic hydroxyl groups is 1. The maximum Gasteiger partial charge on any atom is 0.0809 e. The number of hydrogen-bond donors (Lipinski definition) is 1. The largest absolute Gasteiger partial charge is 0.392 e. The summed E-state index contributed by atoms with van der Waals surface area (Å²) >= 11 is 62.5. The molecule has 0 aliphatic rings. The molecule has 3 aromatic rings. The standard InChI is InChI=1S/C18H5Cl10NO/c19-9-7(10(20)14(24)17(27)13(9)23)4-1-29-2-5(6(4)3-30)8-11(21)15(25)18(28)16(26)12(8)22/h1-2,30H,3H2. The molecule has 0 spiro atoms. The Morgan fingerprint density at radius 2 is 0.767 bits per heavy atom. The molecular weight excluding hydrogens is 601 g/mol. The van der Waals surface area contributed by atoms with Gasteiger partial charge in [-0.3, -0.25) is 4.98 Å². The number of aromatic nitrogens is 1. The summed E-state index contributed by atoms with van der Waals surface area (Å²) in [6, 6.07) is 0. The van der Waals surface area contributed by atoms with Crippen molar-refractivity contribution < 1.29 is 5.11 Å². The Morgan fingerprint density at radius 3 is 1.03 bits per heavy atom. The average molecular weight is 606 g/mol. The van der Waals surface area contributed by atoms with Crippen LogP contribution in [0.4, 0.5) is 0 Å². The molecule has 0 saturated carbocycles. The first-order valence-corrected chi connectivity index (χ1v) is 11.4. The molecule has 0 radical (unpaired) electrons. The van der Waals surface area contributed by atoms with E-state index >= 15 is 0 Å². The van der Waals surface area contributed by atoms with Crippen LogP contribution in [0.1, 0.15) is 5.56 Å². The molecule has 2 nitrogen and oxygen atoms in total. The minimum absolute atomic E-state index is 0.00546. The van der Waals surface area contributed by atoms with Gasteiger partial charge in [0.05, 0.1) is 56.8 Å². The molecule has 158 valence electrons. The molecule has 3 rings (SSSR count). The van der Waals surface area contributed by atoms with Crippen LogP contribution in [-0.4, -0.2) is 10.1 Å². The Labute approximate surface area is 221 Å². The topological polar surface area (TPSA) is 33.1 Å². The SMILES string of the molecule is OCc1c(-c2c(Cl)c(Cl)c(Cl)c(Cl)c2Cl)cncc1-c1c(Cl)c(Cl)c(Cl)c(Cl)c1Cl. The molecule has 2 aromatic carbocycles. The predicted molar refractivity (Wildman–Crippen MR) is 131 cm³/mol. The second-order valence-corrected chi connectivity index (χ2v) is 9.54. The average Bonchev–Trinajstić information content (AvgIpc) is 2.74. The minimum atomic E-state index is -0.484. The summed E-state index contributed by atoms with van der Waals surface area (Å²) in [5, 5.41) is 10.2. The van der Waals surface area contributed by atoms with Crippen molar-refractivity contribution in [2.24, 2.45) is 0 Å². The van der Waals surface area contributed by atoms with Crippen LogP contribution in [0.25, 0.3) is 22.3 Å². The van der Waals surface area contributed by atoms with Crippen molar-refractivity contribution in [2.75, 3.05) is 0 Å². The van der Waals surface area contributed by atoms with Gasteiger partial charge in [-0.1, -0.05) is 116 Å². The van der Waals surface area contributed by atoms with Crippen molar-refractivity contribution in [1.29, 1.82) is 0 Å². The van der Waals surface area contributed by atoms with Crippen LogP contribution in [-0.2, 0) is 6.61 Å². The molecule has 0 saturated heterocycles. The Kier molecular flexibility index (Phi) is 8.15. The van der Waals surface area contributed by atoms with Crippen molar-refractivity contribution in [3.8, 4) is 22.3 Å². The molecule has 0 bridgehead atoms. The van der Waals surface area contributed by atoms with Crippen molar-refractivity contribution in [3.05, 3.63) is 68.2 Å². The number of nitrogens with zero attached hydrogens (tertiary/aromatic N) is 1. The highest BCUT2D eigenvalue weighted by atomic mass is 35.5. The first kappa shape index (κ1) is 25.1. The fourth-order valence-electron chi connectivity index (χ4n) is 2.77. The highest BCUT2D eigenvalue weighted by molar-refractivity contribution is 6.57. The summed E-state index contributed by atoms with van der Waals surface area (Å²) in [6.07, 6.45) is 2.84. The summed E-state index contributed by atoms with van der Waals surface area (Å²) in [5.74, 6) is 0. The number of aliphatic hydroxyl groups excluding tert-OH is 1. The van der Waals surface area contributed by atoms with E-state index in [2.05, 4.69) is 4.98 Å². The highest BCUT2D eigenvalue weighted by Crippen LogP contribution is 2.52. The number of benzene rings is 2. The lowest BCUT2D eigenvalue weighted by Gasteiger charge is -2.19. The van der Waals surface area contributed by atoms with Gasteiger partial charge in [0.25, 0.3) is 0 Å². The van der Waals surface area contributed by atoms with Gasteiger partial charge in [-0.2, -0.15) is 0 Å². The highest BCUT2D eigenvalue weighted by Gasteiger charge is 2.27. The van der Waals surface area contributed by atoms with E-state index in [9.17, 15) is 5.11 Å². The maximum absolute atomic E-state index is 10.2. The van der Waals surface area contributed by atoms with E-state index in [1.54, 1.807) is 0 Å². The minimum Gasteiger partial charge on any atom is -0.392 e. The molecule has 0 aliphatic carbocycles. The second-order valence-electron chi connectivity index (χ2n) is 5.76. The molecule has 0 unspecified atom stereocenters. The number of halogens is 10. The molecule has 30 heavy (non-hydrogen) atoms. The van der Waals surface area contributed by atoms with Gasteiger partial charge < -0.3 is 5.11 Å². The smallest absolute Gasteiger partial charge is 0.0809 e. The van der Waals surface area contributed by atoms with Crippen molar-refractivity contribution in [1.82, 2.24) is 4.98 Å². The van der Waals surface area contributed by atoms with Crippen LogP contribution < -0.4 is 0 Å². The van der Waals surface area contributed by atoms with Crippen LogP contribution in [0.2, 0.25) is 50.2 Å². The Balaban J connectivity index is 2.44. The Hall–Kier alpha value is 0.450. The van der Waals surface area contributed by atoms with Crippen LogP contribution >= 0.6 is 116 Å². The first-order valence-electron chi connectivity index (χ1n) is 7.65. The summed E-state index contributed by atoms with van der Waals surface area (Å²) in [7, 11) is 0. The van der Waals surface area contributed by atoms with Crippen LogP contribution in [0.15, 0.2) is 12.4 Å². The normalized spacial score (nSPS) is 11.3. The van der Waals surface area contributed by atoms with Gasteiger partial charge in [-0.15, -0.1) is 0 Å². The van der Waals surface area contributed by atoms with Crippen molar-refractivity contribution in [2.45, 2.75) is 6.61 Å². The summed E-state index contributed by atoms with van der Waals surface area (Å²) in [4.78, 5) is 4.19. The molecule has 12 heteroatoms. The second kappa shape index (κ2) is 9.75. The lowest BCUT2D eigenvalue weighted by atomic mass is 9.94. The Bertz CT molecular complexity index is 1050. The fourth-order valence-corrected chi connectivity index (χ4v) is 5.46. The van der Waals surface area contributed by atoms with E-state index in [0.717, 1.165) is 0 Å². The van der Waals surface area contributed by atoms with E-state index in [1.165, 1.54) is 12.4 Å². The zero-order chi connectivity index (χ0) is 22.5. The number of rotatable bonds is 3. The third-order valence-corrected chi connectivity index (χ3v) is 8.73. The molecule has 1 heterocycles. The van der Waals surface area contributed by atoms with E-state index in [-0.39, 0.29) is 61.4 Å². The molecule has 0 aliphatic heterocycles. The summed E-state index contributed by atoms with van der Waals surface area (Å²) in [5.41, 5.74) is 1.38. The third-order valence-electron chi connectivity index (χ3n) is 4.17. The van der Waals surface area contributed by atoms with E-state index in [0.29, 0.717) is 16.7 Å². The third kappa shape index (κ3) is 4.08. The molecule has 0 fully saturated rings. The molecule has 0 atom stereocenters. The number of hydrogen-bond acceptors (Lipinski definition) is 2. The van der Waals surface area contributed by atoms with Crippen LogP contribution in [0, 0.1) is 0 Å². The Morgan fingerprint density at radius 1 is 0.500 bits per heavy atom. The fraction of sp³-hybridized carbons (Fsp3) is 0.0556.